The fraction of sp³-hybridized carbons (Fsp3) is 0. The molecule has 0 bridgehead atoms. The number of nitrogens with zero attached hydrogens (tertiary/aromatic N) is 1. The van der Waals surface area contributed by atoms with Gasteiger partial charge in [-0.3, -0.25) is 9.59 Å². The zero-order chi connectivity index (χ0) is 16.8. The summed E-state index contributed by atoms with van der Waals surface area (Å²) >= 11 is 15.0. The first kappa shape index (κ1) is 17.5. The Morgan fingerprint density at radius 2 is 1.74 bits per heavy atom. The lowest BCUT2D eigenvalue weighted by molar-refractivity contribution is -0.136. The van der Waals surface area contributed by atoms with Gasteiger partial charge in [-0.15, -0.1) is 0 Å². The van der Waals surface area contributed by atoms with Gasteiger partial charge in [0.05, 0.1) is 11.2 Å². The van der Waals surface area contributed by atoms with E-state index < -0.39 is 11.8 Å². The largest absolute Gasteiger partial charge is 0.329 e. The number of hydrogen-bond donors (Lipinski definition) is 2. The van der Waals surface area contributed by atoms with Gasteiger partial charge in [-0.25, -0.2) is 5.43 Å². The lowest BCUT2D eigenvalue weighted by Crippen LogP contribution is -2.32. The van der Waals surface area contributed by atoms with Crippen molar-refractivity contribution in [1.82, 2.24) is 5.43 Å². The van der Waals surface area contributed by atoms with Crippen molar-refractivity contribution in [3.63, 3.8) is 0 Å². The van der Waals surface area contributed by atoms with Crippen LogP contribution in [0, 0.1) is 0 Å². The summed E-state index contributed by atoms with van der Waals surface area (Å²) in [7, 11) is 0. The van der Waals surface area contributed by atoms with Crippen molar-refractivity contribution in [3.05, 3.63) is 62.5 Å². The normalized spacial score (nSPS) is 10.6. The van der Waals surface area contributed by atoms with Crippen LogP contribution in [0.15, 0.2) is 52.0 Å². The maximum atomic E-state index is 11.7. The molecule has 0 heterocycles. The molecule has 0 saturated heterocycles. The SMILES string of the molecule is O=C(N/N=C/c1ccc(Cl)cc1Cl)C(=O)Nc1ccc(Br)cc1. The third kappa shape index (κ3) is 5.35. The van der Waals surface area contributed by atoms with E-state index in [2.05, 4.69) is 31.8 Å². The first-order valence-electron chi connectivity index (χ1n) is 6.31. The number of carbonyl (C=O) groups is 2. The predicted octanol–water partition coefficient (Wildman–Crippen LogP) is 3.84. The van der Waals surface area contributed by atoms with Crippen LogP contribution in [0.1, 0.15) is 5.56 Å². The lowest BCUT2D eigenvalue weighted by atomic mass is 10.2. The van der Waals surface area contributed by atoms with Gasteiger partial charge >= 0.3 is 11.8 Å². The Balaban J connectivity index is 1.92. The highest BCUT2D eigenvalue weighted by Crippen LogP contribution is 2.19. The summed E-state index contributed by atoms with van der Waals surface area (Å²) in [5, 5.41) is 7.01. The Kier molecular flexibility index (Phi) is 6.15. The van der Waals surface area contributed by atoms with Crippen molar-refractivity contribution < 1.29 is 9.59 Å². The van der Waals surface area contributed by atoms with E-state index in [1.165, 1.54) is 6.21 Å². The topological polar surface area (TPSA) is 70.6 Å². The predicted molar refractivity (Wildman–Crippen MR) is 95.0 cm³/mol. The smallest absolute Gasteiger partial charge is 0.318 e. The van der Waals surface area contributed by atoms with Crippen LogP contribution in [0.4, 0.5) is 5.69 Å². The van der Waals surface area contributed by atoms with Gasteiger partial charge < -0.3 is 5.32 Å². The first-order valence-corrected chi connectivity index (χ1v) is 7.85. The summed E-state index contributed by atoms with van der Waals surface area (Å²) in [6, 6.07) is 11.6. The molecular formula is C15H10BrCl2N3O2. The van der Waals surface area contributed by atoms with Gasteiger partial charge in [0.25, 0.3) is 0 Å². The molecule has 0 aliphatic rings. The van der Waals surface area contributed by atoms with Crippen molar-refractivity contribution in [1.29, 1.82) is 0 Å². The number of nitrogens with one attached hydrogen (secondary N) is 2. The average Bonchev–Trinajstić information content (AvgIpc) is 2.51. The Labute approximate surface area is 150 Å². The fourth-order valence-electron chi connectivity index (χ4n) is 1.54. The molecule has 118 valence electrons. The fourth-order valence-corrected chi connectivity index (χ4v) is 2.26. The second kappa shape index (κ2) is 8.10. The van der Waals surface area contributed by atoms with E-state index in [-0.39, 0.29) is 0 Å². The van der Waals surface area contributed by atoms with Crippen molar-refractivity contribution in [3.8, 4) is 0 Å². The van der Waals surface area contributed by atoms with Gasteiger partial charge in [0.2, 0.25) is 0 Å². The molecule has 2 rings (SSSR count). The quantitative estimate of drug-likeness (QED) is 0.455. The maximum absolute atomic E-state index is 11.7. The number of amides is 2. The molecule has 0 radical (unpaired) electrons. The zero-order valence-corrected chi connectivity index (χ0v) is 14.6. The molecule has 2 aromatic rings. The van der Waals surface area contributed by atoms with Gasteiger partial charge in [0, 0.05) is 20.7 Å². The summed E-state index contributed by atoms with van der Waals surface area (Å²) < 4.78 is 0.865. The number of hydrogen-bond acceptors (Lipinski definition) is 3. The molecule has 0 spiro atoms. The van der Waals surface area contributed by atoms with Crippen molar-refractivity contribution in [2.45, 2.75) is 0 Å². The van der Waals surface area contributed by atoms with Crippen LogP contribution in [-0.2, 0) is 9.59 Å². The van der Waals surface area contributed by atoms with Crippen LogP contribution in [0.3, 0.4) is 0 Å². The van der Waals surface area contributed by atoms with Gasteiger partial charge in [-0.2, -0.15) is 5.10 Å². The maximum Gasteiger partial charge on any atom is 0.329 e. The molecule has 0 aliphatic heterocycles. The Hall–Kier alpha value is -1.89. The molecule has 2 aromatic carbocycles. The van der Waals surface area contributed by atoms with E-state index in [0.717, 1.165) is 4.47 Å². The standard InChI is InChI=1S/C15H10BrCl2N3O2/c16-10-2-5-12(6-3-10)20-14(22)15(23)21-19-8-9-1-4-11(17)7-13(9)18/h1-8H,(H,20,22)(H,21,23)/b19-8+. The minimum atomic E-state index is -0.894. The minimum absolute atomic E-state index is 0.384. The third-order valence-corrected chi connectivity index (χ3v) is 3.73. The molecular weight excluding hydrogens is 405 g/mol. The summed E-state index contributed by atoms with van der Waals surface area (Å²) in [5.41, 5.74) is 3.18. The van der Waals surface area contributed by atoms with Crippen LogP contribution in [-0.4, -0.2) is 18.0 Å². The van der Waals surface area contributed by atoms with E-state index in [0.29, 0.717) is 21.3 Å². The van der Waals surface area contributed by atoms with Crippen LogP contribution in [0.5, 0.6) is 0 Å². The number of carbonyl (C=O) groups excluding carboxylic acids is 2. The number of hydrazone groups is 1. The van der Waals surface area contributed by atoms with Crippen molar-refractivity contribution >= 4 is 62.8 Å². The monoisotopic (exact) mass is 413 g/mol. The van der Waals surface area contributed by atoms with Crippen molar-refractivity contribution in [2.24, 2.45) is 5.10 Å². The number of rotatable bonds is 3. The summed E-state index contributed by atoms with van der Waals surface area (Å²) in [6.07, 6.45) is 1.32. The Morgan fingerprint density at radius 3 is 2.39 bits per heavy atom. The molecule has 23 heavy (non-hydrogen) atoms. The second-order valence-electron chi connectivity index (χ2n) is 4.33. The first-order chi connectivity index (χ1) is 11.0. The Morgan fingerprint density at radius 1 is 1.04 bits per heavy atom. The van der Waals surface area contributed by atoms with Crippen LogP contribution in [0.25, 0.3) is 0 Å². The molecule has 8 heteroatoms. The second-order valence-corrected chi connectivity index (χ2v) is 6.09. The van der Waals surface area contributed by atoms with Crippen LogP contribution >= 0.6 is 39.1 Å². The highest BCUT2D eigenvalue weighted by atomic mass is 79.9. The highest BCUT2D eigenvalue weighted by Gasteiger charge is 2.12. The molecule has 0 aromatic heterocycles. The van der Waals surface area contributed by atoms with E-state index in [4.69, 9.17) is 23.2 Å². The van der Waals surface area contributed by atoms with Crippen LogP contribution < -0.4 is 10.7 Å². The van der Waals surface area contributed by atoms with E-state index in [1.54, 1.807) is 42.5 Å². The zero-order valence-electron chi connectivity index (χ0n) is 11.5. The average molecular weight is 415 g/mol. The molecule has 0 aliphatic carbocycles. The Bertz CT molecular complexity index is 764. The third-order valence-electron chi connectivity index (χ3n) is 2.64. The number of anilines is 1. The van der Waals surface area contributed by atoms with Gasteiger partial charge in [-0.05, 0) is 36.4 Å². The summed E-state index contributed by atoms with van der Waals surface area (Å²) in [4.78, 5) is 23.3. The van der Waals surface area contributed by atoms with E-state index in [1.807, 2.05) is 0 Å². The number of halogens is 3. The highest BCUT2D eigenvalue weighted by molar-refractivity contribution is 9.10. The molecule has 0 unspecified atom stereocenters. The summed E-state index contributed by atoms with van der Waals surface area (Å²) in [6.45, 7) is 0. The van der Waals surface area contributed by atoms with Gasteiger partial charge in [0.1, 0.15) is 0 Å². The van der Waals surface area contributed by atoms with E-state index >= 15 is 0 Å². The molecule has 0 fully saturated rings. The van der Waals surface area contributed by atoms with Crippen molar-refractivity contribution in [2.75, 3.05) is 5.32 Å². The van der Waals surface area contributed by atoms with E-state index in [9.17, 15) is 9.59 Å². The molecule has 2 amide bonds. The lowest BCUT2D eigenvalue weighted by Gasteiger charge is -2.04. The van der Waals surface area contributed by atoms with Gasteiger partial charge in [-0.1, -0.05) is 45.2 Å². The molecule has 2 N–H and O–H groups in total. The minimum Gasteiger partial charge on any atom is -0.318 e. The number of benzene rings is 2. The van der Waals surface area contributed by atoms with Crippen LogP contribution in [0.2, 0.25) is 10.0 Å². The molecule has 5 nitrogen and oxygen atoms in total. The molecule has 0 atom stereocenters. The summed E-state index contributed by atoms with van der Waals surface area (Å²) in [5.74, 6) is -1.72. The molecule has 0 saturated carbocycles. The van der Waals surface area contributed by atoms with Gasteiger partial charge in [0.15, 0.2) is 0 Å².